The van der Waals surface area contributed by atoms with Crippen molar-refractivity contribution in [3.63, 3.8) is 0 Å². The zero-order chi connectivity index (χ0) is 14.3. The summed E-state index contributed by atoms with van der Waals surface area (Å²) in [4.78, 5) is 15.3. The van der Waals surface area contributed by atoms with Crippen molar-refractivity contribution in [1.82, 2.24) is 9.55 Å². The molecule has 1 aliphatic heterocycles. The van der Waals surface area contributed by atoms with Crippen LogP contribution in [0, 0.1) is 5.82 Å². The summed E-state index contributed by atoms with van der Waals surface area (Å²) in [5.74, 6) is -0.724. The summed E-state index contributed by atoms with van der Waals surface area (Å²) < 4.78 is 21.2. The van der Waals surface area contributed by atoms with Gasteiger partial charge in [-0.05, 0) is 31.9 Å². The number of halogens is 1. The quantitative estimate of drug-likeness (QED) is 0.937. The van der Waals surface area contributed by atoms with E-state index in [1.807, 2.05) is 17.6 Å². The molecular weight excluding hydrogens is 263 g/mol. The number of ether oxygens (including phenoxy) is 1. The fourth-order valence-electron chi connectivity index (χ4n) is 2.72. The first-order chi connectivity index (χ1) is 9.61. The van der Waals surface area contributed by atoms with E-state index in [4.69, 9.17) is 9.84 Å². The van der Waals surface area contributed by atoms with Gasteiger partial charge in [-0.2, -0.15) is 0 Å². The zero-order valence-electron chi connectivity index (χ0n) is 11.0. The normalized spacial score (nSPS) is 22.5. The molecule has 0 spiro atoms. The Labute approximate surface area is 115 Å². The first-order valence-electron chi connectivity index (χ1n) is 6.64. The SMILES string of the molecule is CCn1c(C2CCC(C(=O)O)O2)nc2c(F)cccc21. The lowest BCUT2D eigenvalue weighted by molar-refractivity contribution is -0.149. The molecule has 0 saturated carbocycles. The van der Waals surface area contributed by atoms with E-state index < -0.39 is 12.1 Å². The molecule has 1 aliphatic rings. The van der Waals surface area contributed by atoms with Crippen LogP contribution in [0.4, 0.5) is 4.39 Å². The molecule has 2 aromatic rings. The van der Waals surface area contributed by atoms with Gasteiger partial charge >= 0.3 is 5.97 Å². The van der Waals surface area contributed by atoms with Crippen molar-refractivity contribution in [3.05, 3.63) is 29.8 Å². The van der Waals surface area contributed by atoms with E-state index in [-0.39, 0.29) is 11.9 Å². The molecule has 0 amide bonds. The lowest BCUT2D eigenvalue weighted by Gasteiger charge is -2.12. The Hall–Kier alpha value is -1.95. The van der Waals surface area contributed by atoms with Crippen LogP contribution in [-0.4, -0.2) is 26.7 Å². The van der Waals surface area contributed by atoms with Gasteiger partial charge in [0.15, 0.2) is 11.9 Å². The van der Waals surface area contributed by atoms with Gasteiger partial charge in [0.05, 0.1) is 5.52 Å². The van der Waals surface area contributed by atoms with Crippen LogP contribution in [0.3, 0.4) is 0 Å². The second kappa shape index (κ2) is 4.86. The highest BCUT2D eigenvalue weighted by Crippen LogP contribution is 2.34. The maximum atomic E-state index is 13.8. The second-order valence-corrected chi connectivity index (χ2v) is 4.85. The van der Waals surface area contributed by atoms with Crippen LogP contribution in [0.25, 0.3) is 11.0 Å². The number of carboxylic acid groups (broad SMARTS) is 1. The lowest BCUT2D eigenvalue weighted by Crippen LogP contribution is -2.19. The summed E-state index contributed by atoms with van der Waals surface area (Å²) in [7, 11) is 0. The van der Waals surface area contributed by atoms with Crippen LogP contribution in [0.2, 0.25) is 0 Å². The number of hydrogen-bond donors (Lipinski definition) is 1. The number of rotatable bonds is 3. The second-order valence-electron chi connectivity index (χ2n) is 4.85. The molecule has 1 aromatic heterocycles. The molecule has 1 N–H and O–H groups in total. The number of aromatic nitrogens is 2. The molecule has 2 unspecified atom stereocenters. The van der Waals surface area contributed by atoms with Gasteiger partial charge in [-0.25, -0.2) is 14.2 Å². The van der Waals surface area contributed by atoms with Gasteiger partial charge in [-0.15, -0.1) is 0 Å². The minimum absolute atomic E-state index is 0.312. The summed E-state index contributed by atoms with van der Waals surface area (Å²) in [6.07, 6.45) is -0.144. The number of carbonyl (C=O) groups is 1. The summed E-state index contributed by atoms with van der Waals surface area (Å²) in [6, 6.07) is 4.82. The Morgan fingerprint density at radius 1 is 1.55 bits per heavy atom. The van der Waals surface area contributed by atoms with E-state index in [0.29, 0.717) is 36.2 Å². The summed E-state index contributed by atoms with van der Waals surface area (Å²) in [6.45, 7) is 2.58. The van der Waals surface area contributed by atoms with Gasteiger partial charge in [0.2, 0.25) is 0 Å². The van der Waals surface area contributed by atoms with Crippen molar-refractivity contribution in [2.75, 3.05) is 0 Å². The third-order valence-electron chi connectivity index (χ3n) is 3.66. The summed E-state index contributed by atoms with van der Waals surface area (Å²) >= 11 is 0. The Kier molecular flexibility index (Phi) is 3.17. The van der Waals surface area contributed by atoms with Crippen LogP contribution in [0.5, 0.6) is 0 Å². The molecule has 1 aromatic carbocycles. The van der Waals surface area contributed by atoms with E-state index >= 15 is 0 Å². The number of imidazole rings is 1. The molecule has 106 valence electrons. The van der Waals surface area contributed by atoms with Gasteiger partial charge in [-0.1, -0.05) is 6.07 Å². The van der Waals surface area contributed by atoms with Crippen LogP contribution in [0.1, 0.15) is 31.7 Å². The number of aryl methyl sites for hydroxylation is 1. The Bertz CT molecular complexity index is 668. The van der Waals surface area contributed by atoms with E-state index in [9.17, 15) is 9.18 Å². The maximum Gasteiger partial charge on any atom is 0.332 e. The molecule has 0 aliphatic carbocycles. The molecule has 5 nitrogen and oxygen atoms in total. The minimum Gasteiger partial charge on any atom is -0.479 e. The molecule has 2 heterocycles. The van der Waals surface area contributed by atoms with Crippen molar-refractivity contribution < 1.29 is 19.0 Å². The number of hydrogen-bond acceptors (Lipinski definition) is 3. The van der Waals surface area contributed by atoms with Crippen LogP contribution in [-0.2, 0) is 16.1 Å². The van der Waals surface area contributed by atoms with Gasteiger partial charge in [0, 0.05) is 6.54 Å². The molecule has 3 rings (SSSR count). The van der Waals surface area contributed by atoms with Crippen LogP contribution >= 0.6 is 0 Å². The van der Waals surface area contributed by atoms with Crippen LogP contribution in [0.15, 0.2) is 18.2 Å². The van der Waals surface area contributed by atoms with E-state index in [0.717, 1.165) is 0 Å². The predicted octanol–water partition coefficient (Wildman–Crippen LogP) is 2.50. The summed E-state index contributed by atoms with van der Waals surface area (Å²) in [5, 5.41) is 8.98. The maximum absolute atomic E-state index is 13.8. The Morgan fingerprint density at radius 3 is 3.00 bits per heavy atom. The average Bonchev–Trinajstić information content (AvgIpc) is 3.03. The fourth-order valence-corrected chi connectivity index (χ4v) is 2.72. The lowest BCUT2D eigenvalue weighted by atomic mass is 10.2. The Morgan fingerprint density at radius 2 is 2.35 bits per heavy atom. The molecule has 0 bridgehead atoms. The zero-order valence-corrected chi connectivity index (χ0v) is 11.0. The number of aliphatic carboxylic acids is 1. The highest BCUT2D eigenvalue weighted by atomic mass is 19.1. The molecular formula is C14H15FN2O3. The standard InChI is InChI=1S/C14H15FN2O3/c1-2-17-9-5-3-4-8(15)12(9)16-13(17)10-6-7-11(20-10)14(18)19/h3-5,10-11H,2,6-7H2,1H3,(H,18,19). The average molecular weight is 278 g/mol. The number of nitrogens with zero attached hydrogens (tertiary/aromatic N) is 2. The first-order valence-corrected chi connectivity index (χ1v) is 6.64. The third-order valence-corrected chi connectivity index (χ3v) is 3.66. The van der Waals surface area contributed by atoms with E-state index in [2.05, 4.69) is 4.98 Å². The Balaban J connectivity index is 2.04. The summed E-state index contributed by atoms with van der Waals surface area (Å²) in [5.41, 5.74) is 1.02. The van der Waals surface area contributed by atoms with Crippen molar-refractivity contribution in [2.45, 2.75) is 38.5 Å². The predicted molar refractivity (Wildman–Crippen MR) is 69.8 cm³/mol. The topological polar surface area (TPSA) is 64.4 Å². The van der Waals surface area contributed by atoms with Gasteiger partial charge < -0.3 is 14.4 Å². The third kappa shape index (κ3) is 1.96. The number of para-hydroxylation sites is 1. The molecule has 0 radical (unpaired) electrons. The number of benzene rings is 1. The number of fused-ring (bicyclic) bond motifs is 1. The molecule has 1 fully saturated rings. The molecule has 20 heavy (non-hydrogen) atoms. The first kappa shape index (κ1) is 13.1. The highest BCUT2D eigenvalue weighted by molar-refractivity contribution is 5.77. The van der Waals surface area contributed by atoms with Gasteiger partial charge in [0.25, 0.3) is 0 Å². The minimum atomic E-state index is -0.960. The molecule has 6 heteroatoms. The van der Waals surface area contributed by atoms with Crippen molar-refractivity contribution in [2.24, 2.45) is 0 Å². The van der Waals surface area contributed by atoms with Gasteiger partial charge in [-0.3, -0.25) is 0 Å². The smallest absolute Gasteiger partial charge is 0.332 e. The monoisotopic (exact) mass is 278 g/mol. The van der Waals surface area contributed by atoms with Gasteiger partial charge in [0.1, 0.15) is 17.4 Å². The molecule has 2 atom stereocenters. The fraction of sp³-hybridized carbons (Fsp3) is 0.429. The number of carboxylic acids is 1. The van der Waals surface area contributed by atoms with Crippen LogP contribution < -0.4 is 0 Å². The largest absolute Gasteiger partial charge is 0.479 e. The van der Waals surface area contributed by atoms with E-state index in [1.165, 1.54) is 6.07 Å². The van der Waals surface area contributed by atoms with Crippen molar-refractivity contribution >= 4 is 17.0 Å². The van der Waals surface area contributed by atoms with Crippen molar-refractivity contribution in [1.29, 1.82) is 0 Å². The molecule has 1 saturated heterocycles. The van der Waals surface area contributed by atoms with E-state index in [1.54, 1.807) is 6.07 Å². The highest BCUT2D eigenvalue weighted by Gasteiger charge is 2.34. The van der Waals surface area contributed by atoms with Crippen molar-refractivity contribution in [3.8, 4) is 0 Å².